The predicted molar refractivity (Wildman–Crippen MR) is 92.8 cm³/mol. The summed E-state index contributed by atoms with van der Waals surface area (Å²) in [5.41, 5.74) is 0.866. The molecule has 0 spiro atoms. The van der Waals surface area contributed by atoms with Crippen LogP contribution in [-0.4, -0.2) is 37.5 Å². The molecule has 1 saturated heterocycles. The highest BCUT2D eigenvalue weighted by Gasteiger charge is 2.32. The van der Waals surface area contributed by atoms with E-state index < -0.39 is 10.0 Å². The van der Waals surface area contributed by atoms with Gasteiger partial charge in [0.25, 0.3) is 0 Å². The second-order valence-corrected chi connectivity index (χ2v) is 8.10. The standard InChI is InChI=1S/C17H23N3O3S/c1-2-3-11-24(22,23)20-10-6-8-15(13-20)17(21)19-16-9-5-4-7-14(16)12-18/h4-5,7,9,15H,2-3,6,8,10-11,13H2,1H3,(H,19,21)/t15-/m1/s1. The van der Waals surface area contributed by atoms with E-state index in [0.29, 0.717) is 37.1 Å². The number of hydrogen-bond acceptors (Lipinski definition) is 4. The van der Waals surface area contributed by atoms with Crippen LogP contribution >= 0.6 is 0 Å². The van der Waals surface area contributed by atoms with E-state index in [-0.39, 0.29) is 24.1 Å². The van der Waals surface area contributed by atoms with Gasteiger partial charge in [0.1, 0.15) is 6.07 Å². The molecule has 0 aliphatic carbocycles. The van der Waals surface area contributed by atoms with Crippen molar-refractivity contribution in [3.63, 3.8) is 0 Å². The van der Waals surface area contributed by atoms with Crippen molar-refractivity contribution in [1.29, 1.82) is 5.26 Å². The third kappa shape index (κ3) is 4.56. The van der Waals surface area contributed by atoms with Crippen molar-refractivity contribution in [2.75, 3.05) is 24.2 Å². The Kier molecular flexibility index (Phi) is 6.35. The SMILES string of the molecule is CCCCS(=O)(=O)N1CCC[C@@H](C(=O)Nc2ccccc2C#N)C1. The molecule has 24 heavy (non-hydrogen) atoms. The van der Waals surface area contributed by atoms with Crippen molar-refractivity contribution in [1.82, 2.24) is 4.31 Å². The fraction of sp³-hybridized carbons (Fsp3) is 0.529. The van der Waals surface area contributed by atoms with Crippen molar-refractivity contribution < 1.29 is 13.2 Å². The van der Waals surface area contributed by atoms with Crippen LogP contribution in [0.15, 0.2) is 24.3 Å². The smallest absolute Gasteiger partial charge is 0.228 e. The van der Waals surface area contributed by atoms with E-state index in [1.54, 1.807) is 24.3 Å². The molecule has 1 aromatic carbocycles. The third-order valence-electron chi connectivity index (χ3n) is 4.21. The first-order chi connectivity index (χ1) is 11.5. The highest BCUT2D eigenvalue weighted by atomic mass is 32.2. The van der Waals surface area contributed by atoms with Gasteiger partial charge in [0.15, 0.2) is 0 Å². The van der Waals surface area contributed by atoms with Gasteiger partial charge in [-0.15, -0.1) is 0 Å². The van der Waals surface area contributed by atoms with E-state index in [1.165, 1.54) is 4.31 Å². The zero-order valence-electron chi connectivity index (χ0n) is 13.9. The van der Waals surface area contributed by atoms with Crippen molar-refractivity contribution in [2.24, 2.45) is 5.92 Å². The maximum absolute atomic E-state index is 12.5. The molecule has 0 bridgehead atoms. The highest BCUT2D eigenvalue weighted by Crippen LogP contribution is 2.22. The molecule has 0 radical (unpaired) electrons. The lowest BCUT2D eigenvalue weighted by Gasteiger charge is -2.31. The maximum atomic E-state index is 12.5. The number of carbonyl (C=O) groups is 1. The number of sulfonamides is 1. The van der Waals surface area contributed by atoms with Crippen LogP contribution in [0.4, 0.5) is 5.69 Å². The summed E-state index contributed by atoms with van der Waals surface area (Å²) in [7, 11) is -3.30. The summed E-state index contributed by atoms with van der Waals surface area (Å²) >= 11 is 0. The fourth-order valence-electron chi connectivity index (χ4n) is 2.79. The van der Waals surface area contributed by atoms with Gasteiger partial charge >= 0.3 is 0 Å². The number of carbonyl (C=O) groups excluding carboxylic acids is 1. The summed E-state index contributed by atoms with van der Waals surface area (Å²) in [4.78, 5) is 12.5. The molecule has 1 fully saturated rings. The molecule has 1 heterocycles. The van der Waals surface area contributed by atoms with Gasteiger partial charge in [-0.05, 0) is 31.4 Å². The number of hydrogen-bond donors (Lipinski definition) is 1. The Morgan fingerprint density at radius 1 is 1.42 bits per heavy atom. The molecule has 7 heteroatoms. The number of para-hydroxylation sites is 1. The van der Waals surface area contributed by atoms with E-state index >= 15 is 0 Å². The molecule has 130 valence electrons. The largest absolute Gasteiger partial charge is 0.325 e. The number of anilines is 1. The number of nitrogens with zero attached hydrogens (tertiary/aromatic N) is 2. The lowest BCUT2D eigenvalue weighted by Crippen LogP contribution is -2.44. The van der Waals surface area contributed by atoms with Gasteiger partial charge in [-0.1, -0.05) is 25.5 Å². The first-order valence-corrected chi connectivity index (χ1v) is 9.86. The van der Waals surface area contributed by atoms with Crippen molar-refractivity contribution in [3.8, 4) is 6.07 Å². The van der Waals surface area contributed by atoms with Crippen molar-refractivity contribution in [3.05, 3.63) is 29.8 Å². The van der Waals surface area contributed by atoms with Crippen LogP contribution < -0.4 is 5.32 Å². The van der Waals surface area contributed by atoms with E-state index in [9.17, 15) is 13.2 Å². The van der Waals surface area contributed by atoms with E-state index in [2.05, 4.69) is 5.32 Å². The highest BCUT2D eigenvalue weighted by molar-refractivity contribution is 7.89. The molecule has 2 rings (SSSR count). The Bertz CT molecular complexity index is 725. The Morgan fingerprint density at radius 3 is 2.88 bits per heavy atom. The Hall–Kier alpha value is -1.91. The minimum Gasteiger partial charge on any atom is -0.325 e. The van der Waals surface area contributed by atoms with Crippen LogP contribution in [0.2, 0.25) is 0 Å². The molecule has 1 N–H and O–H groups in total. The average Bonchev–Trinajstić information content (AvgIpc) is 2.60. The molecule has 0 saturated carbocycles. The van der Waals surface area contributed by atoms with Gasteiger partial charge < -0.3 is 5.32 Å². The summed E-state index contributed by atoms with van der Waals surface area (Å²) in [6.45, 7) is 2.64. The quantitative estimate of drug-likeness (QED) is 0.853. The Balaban J connectivity index is 2.04. The first-order valence-electron chi connectivity index (χ1n) is 8.25. The normalized spacial score (nSPS) is 18.8. The fourth-order valence-corrected chi connectivity index (χ4v) is 4.52. The zero-order chi connectivity index (χ0) is 17.6. The second-order valence-electron chi connectivity index (χ2n) is 6.01. The van der Waals surface area contributed by atoms with E-state index in [4.69, 9.17) is 5.26 Å². The number of rotatable bonds is 6. The van der Waals surface area contributed by atoms with Gasteiger partial charge in [0.05, 0.1) is 22.9 Å². The topological polar surface area (TPSA) is 90.3 Å². The number of benzene rings is 1. The molecule has 1 amide bonds. The van der Waals surface area contributed by atoms with Gasteiger partial charge in [-0.3, -0.25) is 4.79 Å². The molecular weight excluding hydrogens is 326 g/mol. The molecule has 0 aromatic heterocycles. The molecule has 1 aliphatic heterocycles. The number of piperidine rings is 1. The average molecular weight is 349 g/mol. The second kappa shape index (κ2) is 8.27. The molecule has 1 atom stereocenters. The Labute approximate surface area is 143 Å². The molecule has 0 unspecified atom stereocenters. The monoisotopic (exact) mass is 349 g/mol. The number of nitrogens with one attached hydrogen (secondary N) is 1. The lowest BCUT2D eigenvalue weighted by molar-refractivity contribution is -0.120. The van der Waals surface area contributed by atoms with Gasteiger partial charge in [0, 0.05) is 13.1 Å². The predicted octanol–water partition coefficient (Wildman–Crippen LogP) is 2.34. The summed E-state index contributed by atoms with van der Waals surface area (Å²) < 4.78 is 26.1. The number of amides is 1. The van der Waals surface area contributed by atoms with Crippen molar-refractivity contribution >= 4 is 21.6 Å². The summed E-state index contributed by atoms with van der Waals surface area (Å²) in [6, 6.07) is 8.83. The van der Waals surface area contributed by atoms with Crippen LogP contribution in [0.3, 0.4) is 0 Å². The van der Waals surface area contributed by atoms with Crippen molar-refractivity contribution in [2.45, 2.75) is 32.6 Å². The first kappa shape index (κ1) is 18.4. The molecule has 6 nitrogen and oxygen atoms in total. The van der Waals surface area contributed by atoms with Gasteiger partial charge in [0.2, 0.25) is 15.9 Å². The van der Waals surface area contributed by atoms with Crippen LogP contribution in [0.25, 0.3) is 0 Å². The zero-order valence-corrected chi connectivity index (χ0v) is 14.7. The third-order valence-corrected chi connectivity index (χ3v) is 6.13. The lowest BCUT2D eigenvalue weighted by atomic mass is 9.98. The van der Waals surface area contributed by atoms with Crippen LogP contribution in [-0.2, 0) is 14.8 Å². The van der Waals surface area contributed by atoms with E-state index in [1.807, 2.05) is 13.0 Å². The number of nitriles is 1. The molecule has 1 aliphatic rings. The summed E-state index contributed by atoms with van der Waals surface area (Å²) in [5, 5.41) is 11.8. The number of unbranched alkanes of at least 4 members (excludes halogenated alkanes) is 1. The van der Waals surface area contributed by atoms with Gasteiger partial charge in [-0.25, -0.2) is 12.7 Å². The molecular formula is C17H23N3O3S. The maximum Gasteiger partial charge on any atom is 0.228 e. The summed E-state index contributed by atoms with van der Waals surface area (Å²) in [6.07, 6.45) is 2.77. The minimum atomic E-state index is -3.30. The van der Waals surface area contributed by atoms with Crippen LogP contribution in [0.5, 0.6) is 0 Å². The van der Waals surface area contributed by atoms with Crippen LogP contribution in [0.1, 0.15) is 38.2 Å². The Morgan fingerprint density at radius 2 is 2.17 bits per heavy atom. The van der Waals surface area contributed by atoms with E-state index in [0.717, 1.165) is 6.42 Å². The minimum absolute atomic E-state index is 0.134. The summed E-state index contributed by atoms with van der Waals surface area (Å²) in [5.74, 6) is -0.482. The van der Waals surface area contributed by atoms with Gasteiger partial charge in [-0.2, -0.15) is 5.26 Å². The van der Waals surface area contributed by atoms with Crippen LogP contribution in [0, 0.1) is 17.2 Å². The molecule has 1 aromatic rings.